The summed E-state index contributed by atoms with van der Waals surface area (Å²) in [6, 6.07) is 6.75. The number of hydrogen-bond acceptors (Lipinski definition) is 4. The lowest BCUT2D eigenvalue weighted by Gasteiger charge is -2.32. The summed E-state index contributed by atoms with van der Waals surface area (Å²) in [6.07, 6.45) is 3.57. The molecule has 0 atom stereocenters. The minimum absolute atomic E-state index is 0.100. The van der Waals surface area contributed by atoms with Crippen molar-refractivity contribution in [2.24, 2.45) is 0 Å². The van der Waals surface area contributed by atoms with Crippen LogP contribution in [0.25, 0.3) is 0 Å². The molecule has 0 N–H and O–H groups in total. The van der Waals surface area contributed by atoms with Gasteiger partial charge in [0.05, 0.1) is 19.8 Å². The highest BCUT2D eigenvalue weighted by Crippen LogP contribution is 2.13. The van der Waals surface area contributed by atoms with Crippen LogP contribution in [0.4, 0.5) is 4.39 Å². The predicted octanol–water partition coefficient (Wildman–Crippen LogP) is 1.97. The molecule has 0 unspecified atom stereocenters. The van der Waals surface area contributed by atoms with Crippen LogP contribution in [-0.4, -0.2) is 79.6 Å². The fourth-order valence-corrected chi connectivity index (χ4v) is 3.62. The monoisotopic (exact) mass is 363 g/mol. The first-order chi connectivity index (χ1) is 12.7. The van der Waals surface area contributed by atoms with Crippen LogP contribution in [0.2, 0.25) is 0 Å². The number of likely N-dealkylation sites (tertiary alicyclic amines) is 1. The van der Waals surface area contributed by atoms with E-state index in [1.54, 1.807) is 12.1 Å². The number of amides is 1. The Kier molecular flexibility index (Phi) is 7.41. The number of carbonyl (C=O) groups excluding carboxylic acids is 1. The molecule has 0 spiro atoms. The van der Waals surface area contributed by atoms with Gasteiger partial charge in [0.25, 0.3) is 0 Å². The van der Waals surface area contributed by atoms with Crippen LogP contribution in [0.5, 0.6) is 0 Å². The van der Waals surface area contributed by atoms with E-state index in [4.69, 9.17) is 4.74 Å². The molecule has 2 aliphatic heterocycles. The van der Waals surface area contributed by atoms with E-state index >= 15 is 0 Å². The summed E-state index contributed by atoms with van der Waals surface area (Å²) in [6.45, 7) is 7.48. The second-order valence-corrected chi connectivity index (χ2v) is 7.20. The standard InChI is InChI=1S/C20H30FN3O2/c21-19-7-3-2-6-18(19)16-24(11-10-22-12-14-26-15-13-22)20(25)17-23-8-4-1-5-9-23/h2-3,6-7H,1,4-5,8-17H2. The highest BCUT2D eigenvalue weighted by Gasteiger charge is 2.21. The smallest absolute Gasteiger partial charge is 0.237 e. The van der Waals surface area contributed by atoms with E-state index in [1.807, 2.05) is 11.0 Å². The van der Waals surface area contributed by atoms with Crippen molar-refractivity contribution >= 4 is 5.91 Å². The number of nitrogens with zero attached hydrogens (tertiary/aromatic N) is 3. The molecule has 5 nitrogen and oxygen atoms in total. The van der Waals surface area contributed by atoms with Crippen molar-refractivity contribution in [3.8, 4) is 0 Å². The number of rotatable bonds is 7. The van der Waals surface area contributed by atoms with Gasteiger partial charge in [0, 0.05) is 38.3 Å². The van der Waals surface area contributed by atoms with Crippen LogP contribution < -0.4 is 0 Å². The molecule has 1 aromatic rings. The van der Waals surface area contributed by atoms with Crippen molar-refractivity contribution in [1.82, 2.24) is 14.7 Å². The molecule has 3 rings (SSSR count). The van der Waals surface area contributed by atoms with Crippen molar-refractivity contribution in [3.05, 3.63) is 35.6 Å². The van der Waals surface area contributed by atoms with E-state index in [-0.39, 0.29) is 11.7 Å². The quantitative estimate of drug-likeness (QED) is 0.742. The summed E-state index contributed by atoms with van der Waals surface area (Å²) < 4.78 is 19.5. The molecule has 1 amide bonds. The molecule has 0 radical (unpaired) electrons. The number of morpholine rings is 1. The molecular formula is C20H30FN3O2. The topological polar surface area (TPSA) is 36.0 Å². The zero-order chi connectivity index (χ0) is 18.2. The van der Waals surface area contributed by atoms with Crippen LogP contribution in [-0.2, 0) is 16.1 Å². The van der Waals surface area contributed by atoms with Crippen molar-refractivity contribution < 1.29 is 13.9 Å². The first kappa shape index (κ1) is 19.3. The molecule has 2 heterocycles. The van der Waals surface area contributed by atoms with Gasteiger partial charge in [0.2, 0.25) is 5.91 Å². The minimum atomic E-state index is -0.241. The van der Waals surface area contributed by atoms with Gasteiger partial charge in [-0.2, -0.15) is 0 Å². The molecule has 0 aromatic heterocycles. The van der Waals surface area contributed by atoms with Crippen molar-refractivity contribution in [2.75, 3.05) is 59.0 Å². The van der Waals surface area contributed by atoms with Gasteiger partial charge in [-0.05, 0) is 32.0 Å². The maximum absolute atomic E-state index is 14.1. The average molecular weight is 363 g/mol. The molecule has 144 valence electrons. The van der Waals surface area contributed by atoms with E-state index in [2.05, 4.69) is 9.80 Å². The summed E-state index contributed by atoms with van der Waals surface area (Å²) in [5.41, 5.74) is 0.585. The number of ether oxygens (including phenoxy) is 1. The highest BCUT2D eigenvalue weighted by atomic mass is 19.1. The maximum Gasteiger partial charge on any atom is 0.237 e. The highest BCUT2D eigenvalue weighted by molar-refractivity contribution is 5.78. The van der Waals surface area contributed by atoms with Gasteiger partial charge in [0.1, 0.15) is 5.82 Å². The Labute approximate surface area is 155 Å². The zero-order valence-electron chi connectivity index (χ0n) is 15.5. The van der Waals surface area contributed by atoms with Crippen LogP contribution in [0.3, 0.4) is 0 Å². The lowest BCUT2D eigenvalue weighted by molar-refractivity contribution is -0.133. The van der Waals surface area contributed by atoms with E-state index in [1.165, 1.54) is 12.5 Å². The van der Waals surface area contributed by atoms with Gasteiger partial charge in [-0.25, -0.2) is 4.39 Å². The zero-order valence-corrected chi connectivity index (χ0v) is 15.5. The number of benzene rings is 1. The molecule has 26 heavy (non-hydrogen) atoms. The molecule has 6 heteroatoms. The lowest BCUT2D eigenvalue weighted by Crippen LogP contribution is -2.46. The number of carbonyl (C=O) groups is 1. The first-order valence-electron chi connectivity index (χ1n) is 9.76. The molecule has 0 saturated carbocycles. The molecule has 2 aliphatic rings. The van der Waals surface area contributed by atoms with Gasteiger partial charge in [0.15, 0.2) is 0 Å². The summed E-state index contributed by atoms with van der Waals surface area (Å²) in [4.78, 5) is 19.3. The van der Waals surface area contributed by atoms with Crippen LogP contribution in [0.1, 0.15) is 24.8 Å². The summed E-state index contributed by atoms with van der Waals surface area (Å²) >= 11 is 0. The Morgan fingerprint density at radius 2 is 1.77 bits per heavy atom. The van der Waals surface area contributed by atoms with Crippen molar-refractivity contribution in [3.63, 3.8) is 0 Å². The number of piperidine rings is 1. The Bertz CT molecular complexity index is 572. The van der Waals surface area contributed by atoms with Crippen LogP contribution in [0, 0.1) is 5.82 Å². The van der Waals surface area contributed by atoms with Gasteiger partial charge in [-0.3, -0.25) is 14.6 Å². The molecule has 2 saturated heterocycles. The molecule has 0 aliphatic carbocycles. The average Bonchev–Trinajstić information content (AvgIpc) is 2.68. The third-order valence-electron chi connectivity index (χ3n) is 5.27. The predicted molar refractivity (Wildman–Crippen MR) is 99.4 cm³/mol. The Hall–Kier alpha value is -1.50. The Morgan fingerprint density at radius 3 is 2.50 bits per heavy atom. The molecule has 2 fully saturated rings. The largest absolute Gasteiger partial charge is 0.379 e. The fraction of sp³-hybridized carbons (Fsp3) is 0.650. The second-order valence-electron chi connectivity index (χ2n) is 7.20. The normalized spacial score (nSPS) is 19.4. The third kappa shape index (κ3) is 5.76. The summed E-state index contributed by atoms with van der Waals surface area (Å²) in [5.74, 6) is -0.141. The van der Waals surface area contributed by atoms with Gasteiger partial charge < -0.3 is 9.64 Å². The van der Waals surface area contributed by atoms with Gasteiger partial charge in [-0.15, -0.1) is 0 Å². The van der Waals surface area contributed by atoms with Gasteiger partial charge >= 0.3 is 0 Å². The third-order valence-corrected chi connectivity index (χ3v) is 5.27. The van der Waals surface area contributed by atoms with Crippen LogP contribution >= 0.6 is 0 Å². The Morgan fingerprint density at radius 1 is 1.04 bits per heavy atom. The first-order valence-corrected chi connectivity index (χ1v) is 9.76. The van der Waals surface area contributed by atoms with Crippen molar-refractivity contribution in [2.45, 2.75) is 25.8 Å². The summed E-state index contributed by atoms with van der Waals surface area (Å²) in [5, 5.41) is 0. The SMILES string of the molecule is O=C(CN1CCCCC1)N(CCN1CCOCC1)Cc1ccccc1F. The van der Waals surface area contributed by atoms with Crippen molar-refractivity contribution in [1.29, 1.82) is 0 Å². The number of halogens is 1. The molecule has 0 bridgehead atoms. The van der Waals surface area contributed by atoms with E-state index in [0.29, 0.717) is 25.2 Å². The molecular weight excluding hydrogens is 333 g/mol. The Balaban J connectivity index is 1.61. The lowest BCUT2D eigenvalue weighted by atomic mass is 10.1. The number of hydrogen-bond donors (Lipinski definition) is 0. The minimum Gasteiger partial charge on any atom is -0.379 e. The van der Waals surface area contributed by atoms with E-state index in [9.17, 15) is 9.18 Å². The van der Waals surface area contributed by atoms with Gasteiger partial charge in [-0.1, -0.05) is 24.6 Å². The van der Waals surface area contributed by atoms with Crippen LogP contribution in [0.15, 0.2) is 24.3 Å². The maximum atomic E-state index is 14.1. The molecule has 1 aromatic carbocycles. The fourth-order valence-electron chi connectivity index (χ4n) is 3.62. The second kappa shape index (κ2) is 10.00. The summed E-state index contributed by atoms with van der Waals surface area (Å²) in [7, 11) is 0. The van der Waals surface area contributed by atoms with E-state index in [0.717, 1.165) is 58.8 Å². The van der Waals surface area contributed by atoms with E-state index < -0.39 is 0 Å².